The van der Waals surface area contributed by atoms with Crippen molar-refractivity contribution in [3.63, 3.8) is 0 Å². The molecular weight excluding hydrogens is 234 g/mol. The lowest BCUT2D eigenvalue weighted by atomic mass is 10.3. The molecule has 1 heterocycles. The summed E-state index contributed by atoms with van der Waals surface area (Å²) in [7, 11) is 0. The van der Waals surface area contributed by atoms with Gasteiger partial charge in [0.25, 0.3) is 0 Å². The Morgan fingerprint density at radius 1 is 1.50 bits per heavy atom. The minimum Gasteiger partial charge on any atom is -0.480 e. The number of pyridine rings is 1. The first-order valence-electron chi connectivity index (χ1n) is 5.66. The summed E-state index contributed by atoms with van der Waals surface area (Å²) in [6.45, 7) is 3.56. The third kappa shape index (κ3) is 4.40. The number of carbonyl (C=O) groups excluding carboxylic acids is 1. The fourth-order valence-corrected chi connectivity index (χ4v) is 1.42. The highest BCUT2D eigenvalue weighted by molar-refractivity contribution is 5.80. The fourth-order valence-electron chi connectivity index (χ4n) is 1.42. The van der Waals surface area contributed by atoms with E-state index in [1.165, 1.54) is 4.90 Å². The topological polar surface area (TPSA) is 82.5 Å². The summed E-state index contributed by atoms with van der Waals surface area (Å²) < 4.78 is 0. The molecule has 2 amide bonds. The van der Waals surface area contributed by atoms with Crippen LogP contribution in [0, 0.1) is 0 Å². The van der Waals surface area contributed by atoms with Gasteiger partial charge in [-0.1, -0.05) is 6.07 Å². The summed E-state index contributed by atoms with van der Waals surface area (Å²) in [6.07, 6.45) is 3.30. The van der Waals surface area contributed by atoms with Gasteiger partial charge in [0.1, 0.15) is 6.54 Å². The van der Waals surface area contributed by atoms with Crippen LogP contribution >= 0.6 is 0 Å². The highest BCUT2D eigenvalue weighted by Crippen LogP contribution is 2.00. The van der Waals surface area contributed by atoms with E-state index < -0.39 is 12.0 Å². The van der Waals surface area contributed by atoms with Crippen molar-refractivity contribution in [1.29, 1.82) is 0 Å². The molecule has 6 nitrogen and oxygen atoms in total. The van der Waals surface area contributed by atoms with Crippen LogP contribution in [0.4, 0.5) is 4.79 Å². The third-order valence-corrected chi connectivity index (χ3v) is 2.36. The van der Waals surface area contributed by atoms with E-state index in [2.05, 4.69) is 10.3 Å². The molecule has 0 radical (unpaired) electrons. The molecule has 0 bridgehead atoms. The normalized spacial score (nSPS) is 10.2. The maximum absolute atomic E-state index is 11.8. The van der Waals surface area contributed by atoms with E-state index in [0.29, 0.717) is 6.54 Å². The zero-order valence-electron chi connectivity index (χ0n) is 10.5. The largest absolute Gasteiger partial charge is 0.480 e. The fraction of sp³-hybridized carbons (Fsp3) is 0.417. The number of hydrogen-bond acceptors (Lipinski definition) is 3. The van der Waals surface area contributed by atoms with Gasteiger partial charge in [0, 0.05) is 25.0 Å². The Labute approximate surface area is 106 Å². The SMILES string of the molecule is CC(C)N(CC(=O)O)C(=O)NCc1cccnc1. The van der Waals surface area contributed by atoms with E-state index in [0.717, 1.165) is 5.56 Å². The number of rotatable bonds is 5. The molecule has 0 aliphatic heterocycles. The van der Waals surface area contributed by atoms with Crippen molar-refractivity contribution in [3.8, 4) is 0 Å². The van der Waals surface area contributed by atoms with Crippen LogP contribution in [0.5, 0.6) is 0 Å². The van der Waals surface area contributed by atoms with Crippen molar-refractivity contribution in [1.82, 2.24) is 15.2 Å². The monoisotopic (exact) mass is 251 g/mol. The van der Waals surface area contributed by atoms with E-state index in [4.69, 9.17) is 5.11 Å². The molecule has 2 N–H and O–H groups in total. The van der Waals surface area contributed by atoms with Crippen molar-refractivity contribution in [3.05, 3.63) is 30.1 Å². The highest BCUT2D eigenvalue weighted by atomic mass is 16.4. The van der Waals surface area contributed by atoms with E-state index >= 15 is 0 Å². The van der Waals surface area contributed by atoms with Crippen LogP contribution in [-0.4, -0.2) is 39.6 Å². The molecule has 1 aromatic rings. The van der Waals surface area contributed by atoms with Crippen LogP contribution < -0.4 is 5.32 Å². The number of aliphatic carboxylic acids is 1. The lowest BCUT2D eigenvalue weighted by Crippen LogP contribution is -2.46. The molecule has 1 rings (SSSR count). The van der Waals surface area contributed by atoms with E-state index in [1.807, 2.05) is 6.07 Å². The molecular formula is C12H17N3O3. The molecule has 18 heavy (non-hydrogen) atoms. The second-order valence-corrected chi connectivity index (χ2v) is 4.14. The number of urea groups is 1. The van der Waals surface area contributed by atoms with Crippen molar-refractivity contribution < 1.29 is 14.7 Å². The smallest absolute Gasteiger partial charge is 0.323 e. The Morgan fingerprint density at radius 2 is 2.22 bits per heavy atom. The van der Waals surface area contributed by atoms with Crippen molar-refractivity contribution in [2.75, 3.05) is 6.54 Å². The van der Waals surface area contributed by atoms with Gasteiger partial charge in [-0.25, -0.2) is 4.79 Å². The molecule has 6 heteroatoms. The maximum atomic E-state index is 11.8. The Balaban J connectivity index is 2.54. The van der Waals surface area contributed by atoms with Crippen LogP contribution in [0.3, 0.4) is 0 Å². The lowest BCUT2D eigenvalue weighted by Gasteiger charge is -2.25. The van der Waals surface area contributed by atoms with E-state index in [9.17, 15) is 9.59 Å². The van der Waals surface area contributed by atoms with Gasteiger partial charge in [0.05, 0.1) is 0 Å². The predicted molar refractivity (Wildman–Crippen MR) is 66.0 cm³/mol. The van der Waals surface area contributed by atoms with E-state index in [-0.39, 0.29) is 12.6 Å². The summed E-state index contributed by atoms with van der Waals surface area (Å²) in [5, 5.41) is 11.4. The van der Waals surface area contributed by atoms with Crippen molar-refractivity contribution in [2.45, 2.75) is 26.4 Å². The minimum absolute atomic E-state index is 0.171. The van der Waals surface area contributed by atoms with Gasteiger partial charge >= 0.3 is 12.0 Å². The number of carbonyl (C=O) groups is 2. The first kappa shape index (κ1) is 14.0. The van der Waals surface area contributed by atoms with Crippen LogP contribution in [-0.2, 0) is 11.3 Å². The van der Waals surface area contributed by atoms with Crippen LogP contribution in [0.15, 0.2) is 24.5 Å². The molecule has 0 aliphatic carbocycles. The number of aromatic nitrogens is 1. The number of nitrogens with zero attached hydrogens (tertiary/aromatic N) is 2. The van der Waals surface area contributed by atoms with Gasteiger partial charge in [-0.15, -0.1) is 0 Å². The number of hydrogen-bond donors (Lipinski definition) is 2. The van der Waals surface area contributed by atoms with Gasteiger partial charge in [-0.3, -0.25) is 9.78 Å². The standard InChI is InChI=1S/C12H17N3O3/c1-9(2)15(8-11(16)17)12(18)14-7-10-4-3-5-13-6-10/h3-6,9H,7-8H2,1-2H3,(H,14,18)(H,16,17). The first-order valence-corrected chi connectivity index (χ1v) is 5.66. The van der Waals surface area contributed by atoms with Crippen molar-refractivity contribution in [2.24, 2.45) is 0 Å². The van der Waals surface area contributed by atoms with E-state index in [1.54, 1.807) is 32.3 Å². The Hall–Kier alpha value is -2.11. The summed E-state index contributed by atoms with van der Waals surface area (Å²) in [5.74, 6) is -1.03. The van der Waals surface area contributed by atoms with Gasteiger partial charge in [0.2, 0.25) is 0 Å². The lowest BCUT2D eigenvalue weighted by molar-refractivity contribution is -0.138. The molecule has 0 saturated carbocycles. The summed E-state index contributed by atoms with van der Waals surface area (Å²) in [5.41, 5.74) is 0.866. The number of carboxylic acids is 1. The van der Waals surface area contributed by atoms with Gasteiger partial charge in [-0.2, -0.15) is 0 Å². The Bertz CT molecular complexity index is 406. The minimum atomic E-state index is -1.03. The molecule has 1 aromatic heterocycles. The summed E-state index contributed by atoms with van der Waals surface area (Å²) in [6, 6.07) is 3.05. The van der Waals surface area contributed by atoms with Crippen molar-refractivity contribution >= 4 is 12.0 Å². The maximum Gasteiger partial charge on any atom is 0.323 e. The zero-order valence-corrected chi connectivity index (χ0v) is 10.5. The highest BCUT2D eigenvalue weighted by Gasteiger charge is 2.19. The van der Waals surface area contributed by atoms with Crippen LogP contribution in [0.25, 0.3) is 0 Å². The molecule has 0 aliphatic rings. The second-order valence-electron chi connectivity index (χ2n) is 4.14. The van der Waals surface area contributed by atoms with Gasteiger partial charge < -0.3 is 15.3 Å². The average molecular weight is 251 g/mol. The number of nitrogens with one attached hydrogen (secondary N) is 1. The third-order valence-electron chi connectivity index (χ3n) is 2.36. The zero-order chi connectivity index (χ0) is 13.5. The summed E-state index contributed by atoms with van der Waals surface area (Å²) >= 11 is 0. The Morgan fingerprint density at radius 3 is 2.72 bits per heavy atom. The number of carboxylic acid groups (broad SMARTS) is 1. The van der Waals surface area contributed by atoms with Gasteiger partial charge in [-0.05, 0) is 25.5 Å². The Kier molecular flexibility index (Phi) is 5.10. The second kappa shape index (κ2) is 6.58. The first-order chi connectivity index (χ1) is 8.50. The summed E-state index contributed by atoms with van der Waals surface area (Å²) in [4.78, 5) is 27.7. The molecule has 0 atom stereocenters. The molecule has 0 unspecified atom stereocenters. The molecule has 0 aromatic carbocycles. The van der Waals surface area contributed by atoms with Gasteiger partial charge in [0.15, 0.2) is 0 Å². The molecule has 0 fully saturated rings. The van der Waals surface area contributed by atoms with Crippen LogP contribution in [0.1, 0.15) is 19.4 Å². The molecule has 0 saturated heterocycles. The predicted octanol–water partition coefficient (Wildman–Crippen LogP) is 1.09. The number of amides is 2. The average Bonchev–Trinajstić information content (AvgIpc) is 2.34. The quantitative estimate of drug-likeness (QED) is 0.820. The van der Waals surface area contributed by atoms with Crippen LogP contribution in [0.2, 0.25) is 0 Å². The molecule has 0 spiro atoms. The molecule has 98 valence electrons.